The fourth-order valence-electron chi connectivity index (χ4n) is 1.07. The molecule has 0 bridgehead atoms. The first-order valence-electron chi connectivity index (χ1n) is 4.95. The maximum absolute atomic E-state index is 12.3. The van der Waals surface area contributed by atoms with Crippen LogP contribution in [0, 0.1) is 0 Å². The van der Waals surface area contributed by atoms with E-state index in [0.717, 1.165) is 0 Å². The largest absolute Gasteiger partial charge is 0.465 e. The molecular formula is C10H10BrF3N2O2. The molecule has 100 valence electrons. The number of hydrogen-bond donors (Lipinski definition) is 0. The van der Waals surface area contributed by atoms with Crippen LogP contribution in [-0.4, -0.2) is 22.5 Å². The van der Waals surface area contributed by atoms with Crippen LogP contribution in [0.15, 0.2) is 12.4 Å². The summed E-state index contributed by atoms with van der Waals surface area (Å²) in [5, 5.41) is 0. The zero-order valence-corrected chi connectivity index (χ0v) is 11.2. The molecule has 0 amide bonds. The Morgan fingerprint density at radius 3 is 2.28 bits per heavy atom. The van der Waals surface area contributed by atoms with Gasteiger partial charge in [-0.2, -0.15) is 13.2 Å². The average Bonchev–Trinajstić information content (AvgIpc) is 2.28. The predicted octanol–water partition coefficient (Wildman–Crippen LogP) is 2.67. The first kappa shape index (κ1) is 14.9. The maximum atomic E-state index is 12.3. The highest BCUT2D eigenvalue weighted by atomic mass is 79.9. The molecule has 0 radical (unpaired) electrons. The van der Waals surface area contributed by atoms with E-state index < -0.39 is 22.0 Å². The van der Waals surface area contributed by atoms with E-state index in [9.17, 15) is 18.0 Å². The minimum absolute atomic E-state index is 0.0889. The second kappa shape index (κ2) is 5.21. The van der Waals surface area contributed by atoms with Crippen molar-refractivity contribution < 1.29 is 22.7 Å². The van der Waals surface area contributed by atoms with Gasteiger partial charge in [0.25, 0.3) is 0 Å². The lowest BCUT2D eigenvalue weighted by Crippen LogP contribution is -2.30. The smallest absolute Gasteiger partial charge is 0.419 e. The first-order chi connectivity index (χ1) is 8.19. The van der Waals surface area contributed by atoms with Crippen LogP contribution < -0.4 is 0 Å². The molecular weight excluding hydrogens is 317 g/mol. The highest BCUT2D eigenvalue weighted by Crippen LogP contribution is 2.32. The van der Waals surface area contributed by atoms with E-state index in [0.29, 0.717) is 12.4 Å². The summed E-state index contributed by atoms with van der Waals surface area (Å²) in [6.07, 6.45) is -3.26. The summed E-state index contributed by atoms with van der Waals surface area (Å²) < 4.78 is 40.3. The van der Waals surface area contributed by atoms with Gasteiger partial charge in [0.2, 0.25) is 0 Å². The molecule has 0 spiro atoms. The van der Waals surface area contributed by atoms with Crippen molar-refractivity contribution in [1.82, 2.24) is 9.97 Å². The SMILES string of the molecule is CCOC(=O)[C@](C)(Br)c1ncc(C(F)(F)F)cn1. The van der Waals surface area contributed by atoms with Gasteiger partial charge in [0.15, 0.2) is 10.1 Å². The predicted molar refractivity (Wildman–Crippen MR) is 59.9 cm³/mol. The van der Waals surface area contributed by atoms with Crippen LogP contribution in [0.25, 0.3) is 0 Å². The van der Waals surface area contributed by atoms with Crippen molar-refractivity contribution in [1.29, 1.82) is 0 Å². The van der Waals surface area contributed by atoms with E-state index in [4.69, 9.17) is 4.74 Å². The van der Waals surface area contributed by atoms with Crippen LogP contribution in [-0.2, 0) is 20.0 Å². The number of aromatic nitrogens is 2. The molecule has 0 saturated carbocycles. The highest BCUT2D eigenvalue weighted by Gasteiger charge is 2.38. The number of carbonyl (C=O) groups is 1. The Kier molecular flexibility index (Phi) is 4.31. The summed E-state index contributed by atoms with van der Waals surface area (Å²) >= 11 is 3.05. The van der Waals surface area contributed by atoms with Gasteiger partial charge in [-0.1, -0.05) is 15.9 Å². The molecule has 0 saturated heterocycles. The molecule has 1 aromatic heterocycles. The van der Waals surface area contributed by atoms with Crippen LogP contribution in [0.1, 0.15) is 25.2 Å². The normalized spacial score (nSPS) is 15.0. The van der Waals surface area contributed by atoms with Crippen molar-refractivity contribution in [2.45, 2.75) is 24.3 Å². The quantitative estimate of drug-likeness (QED) is 0.633. The summed E-state index contributed by atoms with van der Waals surface area (Å²) in [4.78, 5) is 18.7. The van der Waals surface area contributed by atoms with Crippen molar-refractivity contribution in [3.05, 3.63) is 23.8 Å². The Labute approximate surface area is 110 Å². The summed E-state index contributed by atoms with van der Waals surface area (Å²) in [6, 6.07) is 0. The average molecular weight is 327 g/mol. The molecule has 1 aromatic rings. The molecule has 0 unspecified atom stereocenters. The summed E-state index contributed by atoms with van der Waals surface area (Å²) in [5.74, 6) is -0.751. The fraction of sp³-hybridized carbons (Fsp3) is 0.500. The van der Waals surface area contributed by atoms with Crippen LogP contribution in [0.4, 0.5) is 13.2 Å². The van der Waals surface area contributed by atoms with Gasteiger partial charge in [0.05, 0.1) is 12.2 Å². The van der Waals surface area contributed by atoms with Gasteiger partial charge in [-0.15, -0.1) is 0 Å². The Bertz CT molecular complexity index is 432. The van der Waals surface area contributed by atoms with Gasteiger partial charge in [-0.3, -0.25) is 4.79 Å². The topological polar surface area (TPSA) is 52.1 Å². The zero-order chi connectivity index (χ0) is 14.0. The Morgan fingerprint density at radius 2 is 1.89 bits per heavy atom. The third-order valence-corrected chi connectivity index (χ3v) is 2.74. The molecule has 1 heterocycles. The van der Waals surface area contributed by atoms with E-state index in [1.165, 1.54) is 6.92 Å². The molecule has 0 aliphatic rings. The van der Waals surface area contributed by atoms with Crippen molar-refractivity contribution in [2.75, 3.05) is 6.61 Å². The number of alkyl halides is 4. The number of nitrogens with zero attached hydrogens (tertiary/aromatic N) is 2. The molecule has 0 N–H and O–H groups in total. The lowest BCUT2D eigenvalue weighted by molar-refractivity contribution is -0.145. The molecule has 1 atom stereocenters. The van der Waals surface area contributed by atoms with Gasteiger partial charge in [0, 0.05) is 12.4 Å². The summed E-state index contributed by atoms with van der Waals surface area (Å²) in [6.45, 7) is 3.18. The minimum Gasteiger partial charge on any atom is -0.465 e. The van der Waals surface area contributed by atoms with Crippen LogP contribution in [0.2, 0.25) is 0 Å². The molecule has 0 fully saturated rings. The Hall–Kier alpha value is -1.18. The number of carbonyl (C=O) groups excluding carboxylic acids is 1. The number of hydrogen-bond acceptors (Lipinski definition) is 4. The monoisotopic (exact) mass is 326 g/mol. The maximum Gasteiger partial charge on any atom is 0.419 e. The van der Waals surface area contributed by atoms with Gasteiger partial charge >= 0.3 is 12.1 Å². The van der Waals surface area contributed by atoms with E-state index >= 15 is 0 Å². The number of rotatable bonds is 3. The lowest BCUT2D eigenvalue weighted by atomic mass is 10.1. The van der Waals surface area contributed by atoms with Gasteiger partial charge in [-0.05, 0) is 13.8 Å². The minimum atomic E-state index is -4.51. The van der Waals surface area contributed by atoms with E-state index in [1.807, 2.05) is 0 Å². The van der Waals surface area contributed by atoms with E-state index in [1.54, 1.807) is 6.92 Å². The second-order valence-electron chi connectivity index (χ2n) is 3.52. The molecule has 1 rings (SSSR count). The molecule has 4 nitrogen and oxygen atoms in total. The standard InChI is InChI=1S/C10H10BrF3N2O2/c1-3-18-8(17)9(2,11)7-15-4-6(5-16-7)10(12,13)14/h4-5H,3H2,1-2H3/t9-/m1/s1. The van der Waals surface area contributed by atoms with Crippen molar-refractivity contribution in [3.63, 3.8) is 0 Å². The van der Waals surface area contributed by atoms with Gasteiger partial charge in [0.1, 0.15) is 0 Å². The van der Waals surface area contributed by atoms with Gasteiger partial charge < -0.3 is 4.74 Å². The van der Waals surface area contributed by atoms with E-state index in [2.05, 4.69) is 25.9 Å². The Morgan fingerprint density at radius 1 is 1.39 bits per heavy atom. The van der Waals surface area contributed by atoms with Crippen LogP contribution in [0.3, 0.4) is 0 Å². The van der Waals surface area contributed by atoms with Crippen molar-refractivity contribution in [3.8, 4) is 0 Å². The van der Waals surface area contributed by atoms with Crippen molar-refractivity contribution >= 4 is 21.9 Å². The first-order valence-corrected chi connectivity index (χ1v) is 5.74. The Balaban J connectivity index is 3.01. The van der Waals surface area contributed by atoms with Crippen molar-refractivity contribution in [2.24, 2.45) is 0 Å². The number of halogens is 4. The molecule has 0 aliphatic heterocycles. The molecule has 0 aliphatic carbocycles. The second-order valence-corrected chi connectivity index (χ2v) is 5.10. The molecule has 8 heteroatoms. The highest BCUT2D eigenvalue weighted by molar-refractivity contribution is 9.10. The van der Waals surface area contributed by atoms with Gasteiger partial charge in [-0.25, -0.2) is 9.97 Å². The van der Waals surface area contributed by atoms with Crippen LogP contribution >= 0.6 is 15.9 Å². The number of ether oxygens (including phenoxy) is 1. The fourth-order valence-corrected chi connectivity index (χ4v) is 1.39. The molecule has 0 aromatic carbocycles. The summed E-state index contributed by atoms with van der Waals surface area (Å²) in [7, 11) is 0. The van der Waals surface area contributed by atoms with Crippen LogP contribution in [0.5, 0.6) is 0 Å². The third-order valence-electron chi connectivity index (χ3n) is 2.06. The molecule has 18 heavy (non-hydrogen) atoms. The van der Waals surface area contributed by atoms with E-state index in [-0.39, 0.29) is 12.4 Å². The summed E-state index contributed by atoms with van der Waals surface area (Å²) in [5.41, 5.74) is -0.974. The number of esters is 1. The lowest BCUT2D eigenvalue weighted by Gasteiger charge is -2.18. The third kappa shape index (κ3) is 3.18. The zero-order valence-electron chi connectivity index (χ0n) is 9.58.